The lowest BCUT2D eigenvalue weighted by Gasteiger charge is -2.00. The summed E-state index contributed by atoms with van der Waals surface area (Å²) in [6.45, 7) is 0. The Morgan fingerprint density at radius 1 is 1.33 bits per heavy atom. The van der Waals surface area contributed by atoms with Crippen LogP contribution in [0.25, 0.3) is 11.3 Å². The van der Waals surface area contributed by atoms with Gasteiger partial charge in [-0.2, -0.15) is 0 Å². The van der Waals surface area contributed by atoms with Crippen LogP contribution in [0.15, 0.2) is 22.7 Å². The van der Waals surface area contributed by atoms with E-state index in [2.05, 4.69) is 27.7 Å². The summed E-state index contributed by atoms with van der Waals surface area (Å²) in [7, 11) is 0. The number of halogens is 3. The molecular weight excluding hydrogens is 350 g/mol. The van der Waals surface area contributed by atoms with Gasteiger partial charge in [-0.25, -0.2) is 0 Å². The number of hydrogen-bond acceptors (Lipinski definition) is 3. The second kappa shape index (κ2) is 4.19. The minimum atomic E-state index is 0.358. The summed E-state index contributed by atoms with van der Waals surface area (Å²) in [4.78, 5) is 0. The molecular formula is C9H5Cl2IN2O. The molecule has 15 heavy (non-hydrogen) atoms. The highest BCUT2D eigenvalue weighted by Crippen LogP contribution is 2.35. The fourth-order valence-corrected chi connectivity index (χ4v) is 2.11. The summed E-state index contributed by atoms with van der Waals surface area (Å²) in [6, 6.07) is 5.15. The molecule has 1 aromatic carbocycles. The molecule has 0 radical (unpaired) electrons. The highest BCUT2D eigenvalue weighted by molar-refractivity contribution is 14.1. The van der Waals surface area contributed by atoms with E-state index in [-0.39, 0.29) is 0 Å². The van der Waals surface area contributed by atoms with Crippen LogP contribution in [0, 0.1) is 3.57 Å². The van der Waals surface area contributed by atoms with Gasteiger partial charge in [0.2, 0.25) is 0 Å². The molecule has 2 rings (SSSR count). The molecule has 0 atom stereocenters. The molecule has 2 N–H and O–H groups in total. The minimum Gasteiger partial charge on any atom is -0.380 e. The normalized spacial score (nSPS) is 10.6. The van der Waals surface area contributed by atoms with E-state index >= 15 is 0 Å². The van der Waals surface area contributed by atoms with Crippen LogP contribution in [0.4, 0.5) is 5.82 Å². The van der Waals surface area contributed by atoms with Crippen molar-refractivity contribution in [3.63, 3.8) is 0 Å². The zero-order valence-corrected chi connectivity index (χ0v) is 11.0. The highest BCUT2D eigenvalue weighted by atomic mass is 127. The Hall–Kier alpha value is -0.460. The van der Waals surface area contributed by atoms with Crippen molar-refractivity contribution in [1.82, 2.24) is 5.16 Å². The number of nitrogens with two attached hydrogens (primary N) is 1. The first kappa shape index (κ1) is 11.0. The molecule has 1 heterocycles. The third kappa shape index (κ3) is 2.07. The van der Waals surface area contributed by atoms with Gasteiger partial charge >= 0.3 is 0 Å². The lowest BCUT2D eigenvalue weighted by Crippen LogP contribution is -1.86. The Kier molecular flexibility index (Phi) is 3.08. The van der Waals surface area contributed by atoms with Gasteiger partial charge in [-0.15, -0.1) is 0 Å². The van der Waals surface area contributed by atoms with E-state index < -0.39 is 0 Å². The van der Waals surface area contributed by atoms with Crippen LogP contribution in [-0.4, -0.2) is 5.16 Å². The Morgan fingerprint density at radius 2 is 2.07 bits per heavy atom. The molecule has 0 aliphatic rings. The van der Waals surface area contributed by atoms with Crippen LogP contribution in [0.3, 0.4) is 0 Å². The second-order valence-electron chi connectivity index (χ2n) is 2.84. The van der Waals surface area contributed by atoms with Gasteiger partial charge in [0.1, 0.15) is 3.57 Å². The molecule has 0 aliphatic heterocycles. The van der Waals surface area contributed by atoms with Gasteiger partial charge in [-0.05, 0) is 40.8 Å². The monoisotopic (exact) mass is 354 g/mol. The maximum atomic E-state index is 6.03. The van der Waals surface area contributed by atoms with E-state index in [0.29, 0.717) is 21.6 Å². The van der Waals surface area contributed by atoms with Gasteiger partial charge in [0.25, 0.3) is 0 Å². The Balaban J connectivity index is 2.59. The van der Waals surface area contributed by atoms with Crippen molar-refractivity contribution < 1.29 is 4.52 Å². The van der Waals surface area contributed by atoms with Gasteiger partial charge in [0.15, 0.2) is 11.6 Å². The largest absolute Gasteiger partial charge is 0.380 e. The van der Waals surface area contributed by atoms with E-state index in [9.17, 15) is 0 Å². The van der Waals surface area contributed by atoms with Gasteiger partial charge in [0, 0.05) is 10.6 Å². The first-order valence-corrected chi connectivity index (χ1v) is 5.79. The topological polar surface area (TPSA) is 52.0 Å². The van der Waals surface area contributed by atoms with Crippen LogP contribution in [0.2, 0.25) is 10.0 Å². The molecule has 0 spiro atoms. The smallest absolute Gasteiger partial charge is 0.183 e. The van der Waals surface area contributed by atoms with Crippen molar-refractivity contribution in [2.75, 3.05) is 5.73 Å². The average Bonchev–Trinajstić information content (AvgIpc) is 2.49. The molecule has 0 bridgehead atoms. The maximum Gasteiger partial charge on any atom is 0.183 e. The molecule has 3 nitrogen and oxygen atoms in total. The molecule has 6 heteroatoms. The van der Waals surface area contributed by atoms with Crippen molar-refractivity contribution >= 4 is 51.6 Å². The number of anilines is 1. The summed E-state index contributed by atoms with van der Waals surface area (Å²) in [5, 5.41) is 4.75. The van der Waals surface area contributed by atoms with Crippen LogP contribution in [0.1, 0.15) is 0 Å². The van der Waals surface area contributed by atoms with Gasteiger partial charge in [-0.3, -0.25) is 0 Å². The van der Waals surface area contributed by atoms with Gasteiger partial charge in [0.05, 0.1) is 5.02 Å². The van der Waals surface area contributed by atoms with E-state index in [0.717, 1.165) is 9.13 Å². The maximum absolute atomic E-state index is 6.03. The Morgan fingerprint density at radius 3 is 2.60 bits per heavy atom. The van der Waals surface area contributed by atoms with E-state index in [1.54, 1.807) is 18.2 Å². The van der Waals surface area contributed by atoms with E-state index in [1.807, 2.05) is 0 Å². The van der Waals surface area contributed by atoms with Gasteiger partial charge in [-0.1, -0.05) is 28.4 Å². The number of rotatable bonds is 1. The predicted octanol–water partition coefficient (Wildman–Crippen LogP) is 3.84. The Labute approximate surface area is 110 Å². The first-order valence-electron chi connectivity index (χ1n) is 3.95. The number of benzene rings is 1. The van der Waals surface area contributed by atoms with Crippen molar-refractivity contribution in [3.8, 4) is 11.3 Å². The number of nitrogens with zero attached hydrogens (tertiary/aromatic N) is 1. The summed E-state index contributed by atoms with van der Waals surface area (Å²) in [5.74, 6) is 0.923. The van der Waals surface area contributed by atoms with Crippen LogP contribution >= 0.6 is 45.8 Å². The third-order valence-corrected chi connectivity index (χ3v) is 3.43. The summed E-state index contributed by atoms with van der Waals surface area (Å²) in [5.41, 5.74) is 6.31. The molecule has 0 unspecified atom stereocenters. The van der Waals surface area contributed by atoms with Crippen molar-refractivity contribution in [2.45, 2.75) is 0 Å². The molecule has 2 aromatic rings. The first-order chi connectivity index (χ1) is 7.09. The van der Waals surface area contributed by atoms with E-state index in [4.69, 9.17) is 33.5 Å². The fourth-order valence-electron chi connectivity index (χ4n) is 1.13. The summed E-state index contributed by atoms with van der Waals surface area (Å²) < 4.78 is 5.84. The molecule has 0 saturated carbocycles. The highest BCUT2D eigenvalue weighted by Gasteiger charge is 2.15. The average molecular weight is 355 g/mol. The van der Waals surface area contributed by atoms with Crippen molar-refractivity contribution in [3.05, 3.63) is 31.8 Å². The molecule has 0 amide bonds. The van der Waals surface area contributed by atoms with E-state index in [1.165, 1.54) is 0 Å². The van der Waals surface area contributed by atoms with Crippen LogP contribution < -0.4 is 5.73 Å². The lowest BCUT2D eigenvalue weighted by molar-refractivity contribution is 0.435. The Bertz CT molecular complexity index is 513. The number of hydrogen-bond donors (Lipinski definition) is 1. The van der Waals surface area contributed by atoms with Crippen molar-refractivity contribution in [2.24, 2.45) is 0 Å². The van der Waals surface area contributed by atoms with Gasteiger partial charge < -0.3 is 10.3 Å². The standard InChI is InChI=1S/C9H5Cl2IN2O/c10-4-1-2-5(6(11)3-4)8-7(12)9(13)14-15-8/h1-3H,(H2,13,14). The lowest BCUT2D eigenvalue weighted by atomic mass is 10.2. The third-order valence-electron chi connectivity index (χ3n) is 1.84. The van der Waals surface area contributed by atoms with Crippen molar-refractivity contribution in [1.29, 1.82) is 0 Å². The zero-order chi connectivity index (χ0) is 11.0. The minimum absolute atomic E-state index is 0.358. The van der Waals surface area contributed by atoms with Crippen LogP contribution in [0.5, 0.6) is 0 Å². The second-order valence-corrected chi connectivity index (χ2v) is 4.76. The predicted molar refractivity (Wildman–Crippen MR) is 69.1 cm³/mol. The summed E-state index contributed by atoms with van der Waals surface area (Å²) in [6.07, 6.45) is 0. The molecule has 0 fully saturated rings. The fraction of sp³-hybridized carbons (Fsp3) is 0. The number of nitrogen functional groups attached to an aromatic ring is 1. The summed E-state index contributed by atoms with van der Waals surface area (Å²) >= 11 is 13.9. The zero-order valence-electron chi connectivity index (χ0n) is 7.30. The molecule has 0 aliphatic carbocycles. The quantitative estimate of drug-likeness (QED) is 0.791. The molecule has 78 valence electrons. The molecule has 1 aromatic heterocycles. The SMILES string of the molecule is Nc1noc(-c2ccc(Cl)cc2Cl)c1I. The number of aromatic nitrogens is 1. The van der Waals surface area contributed by atoms with Crippen LogP contribution in [-0.2, 0) is 0 Å². The molecule has 0 saturated heterocycles.